The third kappa shape index (κ3) is 4.94. The molecule has 0 saturated heterocycles. The molecule has 19 heavy (non-hydrogen) atoms. The lowest BCUT2D eigenvalue weighted by molar-refractivity contribution is 0.364. The molecule has 0 bridgehead atoms. The van der Waals surface area contributed by atoms with Crippen molar-refractivity contribution in [3.8, 4) is 0 Å². The second-order valence-corrected chi connectivity index (χ2v) is 5.42. The molecule has 1 aromatic heterocycles. The van der Waals surface area contributed by atoms with Crippen molar-refractivity contribution >= 4 is 0 Å². The zero-order valence-corrected chi connectivity index (χ0v) is 13.1. The third-order valence-corrected chi connectivity index (χ3v) is 4.16. The van der Waals surface area contributed by atoms with Gasteiger partial charge in [0.05, 0.1) is 0 Å². The molecule has 0 saturated carbocycles. The largest absolute Gasteiger partial charge is 0.313 e. The van der Waals surface area contributed by atoms with E-state index in [0.29, 0.717) is 6.04 Å². The Hall–Kier alpha value is -0.890. The fourth-order valence-electron chi connectivity index (χ4n) is 2.79. The number of nitrogens with zero attached hydrogens (tertiary/aromatic N) is 1. The molecule has 0 spiro atoms. The molecule has 2 nitrogen and oxygen atoms in total. The normalized spacial score (nSPS) is 14.3. The number of hydrogen-bond acceptors (Lipinski definition) is 2. The summed E-state index contributed by atoms with van der Waals surface area (Å²) in [6.07, 6.45) is 11.5. The van der Waals surface area contributed by atoms with Gasteiger partial charge in [0.2, 0.25) is 0 Å². The summed E-state index contributed by atoms with van der Waals surface area (Å²) >= 11 is 0. The maximum Gasteiger partial charge on any atom is 0.0324 e. The van der Waals surface area contributed by atoms with Crippen LogP contribution in [0.25, 0.3) is 0 Å². The van der Waals surface area contributed by atoms with E-state index in [-0.39, 0.29) is 0 Å². The van der Waals surface area contributed by atoms with Crippen molar-refractivity contribution in [2.24, 2.45) is 5.92 Å². The number of aromatic nitrogens is 1. The van der Waals surface area contributed by atoms with Gasteiger partial charge < -0.3 is 5.32 Å². The van der Waals surface area contributed by atoms with Gasteiger partial charge >= 0.3 is 0 Å². The van der Waals surface area contributed by atoms with E-state index in [1.807, 2.05) is 12.4 Å². The molecule has 1 rings (SSSR count). The summed E-state index contributed by atoms with van der Waals surface area (Å²) < 4.78 is 0. The average Bonchev–Trinajstić information content (AvgIpc) is 2.47. The zero-order chi connectivity index (χ0) is 14.1. The van der Waals surface area contributed by atoms with E-state index in [0.717, 1.165) is 12.3 Å². The molecule has 1 N–H and O–H groups in total. The van der Waals surface area contributed by atoms with Gasteiger partial charge in [0.25, 0.3) is 0 Å². The Kier molecular flexibility index (Phi) is 7.73. The standard InChI is InChI=1S/C17H30N2/c1-5-8-9-14(6-2)12-17(18-4)16-10-11-19-13-15(16)7-3/h10-11,13-14,17-18H,5-9,12H2,1-4H3. The molecule has 0 fully saturated rings. The van der Waals surface area contributed by atoms with Crippen molar-refractivity contribution in [1.82, 2.24) is 10.3 Å². The smallest absolute Gasteiger partial charge is 0.0324 e. The first kappa shape index (κ1) is 16.2. The summed E-state index contributed by atoms with van der Waals surface area (Å²) in [6, 6.07) is 2.66. The molecule has 0 aromatic carbocycles. The second-order valence-electron chi connectivity index (χ2n) is 5.42. The fourth-order valence-corrected chi connectivity index (χ4v) is 2.79. The predicted molar refractivity (Wildman–Crippen MR) is 83.3 cm³/mol. The van der Waals surface area contributed by atoms with Crippen molar-refractivity contribution < 1.29 is 0 Å². The molecule has 0 aliphatic rings. The fraction of sp³-hybridized carbons (Fsp3) is 0.706. The van der Waals surface area contributed by atoms with Crippen molar-refractivity contribution in [3.63, 3.8) is 0 Å². The third-order valence-electron chi connectivity index (χ3n) is 4.16. The highest BCUT2D eigenvalue weighted by Crippen LogP contribution is 2.28. The Balaban J connectivity index is 2.75. The van der Waals surface area contributed by atoms with Crippen LogP contribution in [0.1, 0.15) is 70.0 Å². The van der Waals surface area contributed by atoms with Crippen LogP contribution in [0.4, 0.5) is 0 Å². The molecule has 1 heterocycles. The van der Waals surface area contributed by atoms with Crippen LogP contribution in [-0.4, -0.2) is 12.0 Å². The van der Waals surface area contributed by atoms with Gasteiger partial charge in [-0.2, -0.15) is 0 Å². The van der Waals surface area contributed by atoms with E-state index in [1.54, 1.807) is 0 Å². The molecule has 108 valence electrons. The van der Waals surface area contributed by atoms with Gasteiger partial charge in [0, 0.05) is 18.4 Å². The molecular formula is C17H30N2. The highest BCUT2D eigenvalue weighted by molar-refractivity contribution is 5.26. The highest BCUT2D eigenvalue weighted by Gasteiger charge is 2.17. The monoisotopic (exact) mass is 262 g/mol. The Morgan fingerprint density at radius 1 is 1.26 bits per heavy atom. The van der Waals surface area contributed by atoms with Crippen LogP contribution in [0, 0.1) is 5.92 Å². The van der Waals surface area contributed by atoms with Gasteiger partial charge in [-0.05, 0) is 43.0 Å². The Bertz CT molecular complexity index is 349. The number of rotatable bonds is 9. The summed E-state index contributed by atoms with van der Waals surface area (Å²) in [5.41, 5.74) is 2.82. The van der Waals surface area contributed by atoms with Crippen molar-refractivity contribution in [2.45, 2.75) is 65.3 Å². The van der Waals surface area contributed by atoms with Gasteiger partial charge in [-0.25, -0.2) is 0 Å². The van der Waals surface area contributed by atoms with Crippen LogP contribution >= 0.6 is 0 Å². The minimum Gasteiger partial charge on any atom is -0.313 e. The van der Waals surface area contributed by atoms with Gasteiger partial charge in [0.1, 0.15) is 0 Å². The lowest BCUT2D eigenvalue weighted by Gasteiger charge is -2.24. The predicted octanol–water partition coefficient (Wildman–Crippen LogP) is 4.51. The van der Waals surface area contributed by atoms with Crippen LogP contribution < -0.4 is 5.32 Å². The lowest BCUT2D eigenvalue weighted by Crippen LogP contribution is -2.21. The Morgan fingerprint density at radius 2 is 2.05 bits per heavy atom. The second kappa shape index (κ2) is 9.08. The van der Waals surface area contributed by atoms with E-state index in [1.165, 1.54) is 43.2 Å². The Labute approximate surface area is 119 Å². The average molecular weight is 262 g/mol. The van der Waals surface area contributed by atoms with Gasteiger partial charge in [0.15, 0.2) is 0 Å². The molecule has 0 aliphatic carbocycles. The van der Waals surface area contributed by atoms with Crippen molar-refractivity contribution in [2.75, 3.05) is 7.05 Å². The Morgan fingerprint density at radius 3 is 2.63 bits per heavy atom. The number of aryl methyl sites for hydroxylation is 1. The van der Waals surface area contributed by atoms with E-state index >= 15 is 0 Å². The highest BCUT2D eigenvalue weighted by atomic mass is 14.9. The van der Waals surface area contributed by atoms with Crippen LogP contribution in [0.3, 0.4) is 0 Å². The summed E-state index contributed by atoms with van der Waals surface area (Å²) in [5.74, 6) is 0.829. The minimum atomic E-state index is 0.472. The quantitative estimate of drug-likeness (QED) is 0.708. The topological polar surface area (TPSA) is 24.9 Å². The number of hydrogen-bond donors (Lipinski definition) is 1. The molecule has 1 aromatic rings. The van der Waals surface area contributed by atoms with Gasteiger partial charge in [-0.15, -0.1) is 0 Å². The summed E-state index contributed by atoms with van der Waals surface area (Å²) in [7, 11) is 2.08. The summed E-state index contributed by atoms with van der Waals surface area (Å²) in [6.45, 7) is 6.81. The zero-order valence-electron chi connectivity index (χ0n) is 13.1. The molecule has 2 atom stereocenters. The first-order valence-electron chi connectivity index (χ1n) is 7.86. The van der Waals surface area contributed by atoms with E-state index < -0.39 is 0 Å². The van der Waals surface area contributed by atoms with Crippen LogP contribution in [0.15, 0.2) is 18.5 Å². The number of nitrogens with one attached hydrogen (secondary N) is 1. The van der Waals surface area contributed by atoms with E-state index in [2.05, 4.69) is 44.2 Å². The first-order chi connectivity index (χ1) is 9.26. The van der Waals surface area contributed by atoms with Crippen molar-refractivity contribution in [1.29, 1.82) is 0 Å². The van der Waals surface area contributed by atoms with E-state index in [9.17, 15) is 0 Å². The summed E-state index contributed by atoms with van der Waals surface area (Å²) in [5, 5.41) is 3.51. The molecule has 2 unspecified atom stereocenters. The number of unbranched alkanes of at least 4 members (excludes halogenated alkanes) is 1. The minimum absolute atomic E-state index is 0.472. The van der Waals surface area contributed by atoms with E-state index in [4.69, 9.17) is 0 Å². The van der Waals surface area contributed by atoms with Gasteiger partial charge in [-0.3, -0.25) is 4.98 Å². The molecule has 0 amide bonds. The van der Waals surface area contributed by atoms with Crippen LogP contribution in [0.5, 0.6) is 0 Å². The van der Waals surface area contributed by atoms with Gasteiger partial charge in [-0.1, -0.05) is 46.5 Å². The molecule has 0 aliphatic heterocycles. The SMILES string of the molecule is CCCCC(CC)CC(NC)c1ccncc1CC. The number of pyridine rings is 1. The summed E-state index contributed by atoms with van der Waals surface area (Å²) in [4.78, 5) is 4.25. The maximum atomic E-state index is 4.25. The lowest BCUT2D eigenvalue weighted by atomic mass is 9.88. The first-order valence-corrected chi connectivity index (χ1v) is 7.86. The van der Waals surface area contributed by atoms with Crippen molar-refractivity contribution in [3.05, 3.63) is 29.6 Å². The molecule has 2 heteroatoms. The molecule has 0 radical (unpaired) electrons. The maximum absolute atomic E-state index is 4.25. The van der Waals surface area contributed by atoms with Crippen LogP contribution in [0.2, 0.25) is 0 Å². The van der Waals surface area contributed by atoms with Crippen LogP contribution in [-0.2, 0) is 6.42 Å². The molecular weight excluding hydrogens is 232 g/mol.